The first-order valence-electron chi connectivity index (χ1n) is 5.32. The highest BCUT2D eigenvalue weighted by atomic mass is 16.4. The van der Waals surface area contributed by atoms with Crippen molar-refractivity contribution in [1.82, 2.24) is 5.32 Å². The van der Waals surface area contributed by atoms with Crippen molar-refractivity contribution in [2.24, 2.45) is 17.4 Å². The highest BCUT2D eigenvalue weighted by Crippen LogP contribution is 2.02. The van der Waals surface area contributed by atoms with Gasteiger partial charge < -0.3 is 21.9 Å². The topological polar surface area (TPSA) is 136 Å². The molecule has 0 aromatic rings. The normalized spacial score (nSPS) is 14.1. The van der Waals surface area contributed by atoms with Crippen LogP contribution in [0.1, 0.15) is 26.7 Å². The Kier molecular flexibility index (Phi) is 6.19. The number of amides is 2. The van der Waals surface area contributed by atoms with Gasteiger partial charge in [0.15, 0.2) is 0 Å². The molecule has 7 heteroatoms. The van der Waals surface area contributed by atoms with Gasteiger partial charge in [-0.2, -0.15) is 0 Å². The van der Waals surface area contributed by atoms with Crippen molar-refractivity contribution in [2.45, 2.75) is 38.8 Å². The van der Waals surface area contributed by atoms with Crippen LogP contribution in [-0.4, -0.2) is 35.0 Å². The summed E-state index contributed by atoms with van der Waals surface area (Å²) in [6.07, 6.45) is -0.0330. The van der Waals surface area contributed by atoms with Crippen molar-refractivity contribution in [3.8, 4) is 0 Å². The van der Waals surface area contributed by atoms with Crippen molar-refractivity contribution in [2.75, 3.05) is 0 Å². The lowest BCUT2D eigenvalue weighted by Gasteiger charge is -2.19. The molecule has 0 heterocycles. The number of hydrogen-bond acceptors (Lipinski definition) is 4. The number of nitrogens with one attached hydrogen (secondary N) is 1. The molecule has 0 aliphatic carbocycles. The third-order valence-corrected chi connectivity index (χ3v) is 2.29. The molecule has 0 aromatic carbocycles. The lowest BCUT2D eigenvalue weighted by atomic mass is 10.0. The predicted octanol–water partition coefficient (Wildman–Crippen LogP) is -1.20. The van der Waals surface area contributed by atoms with Crippen LogP contribution in [0.3, 0.4) is 0 Å². The van der Waals surface area contributed by atoms with E-state index in [1.807, 2.05) is 0 Å². The van der Waals surface area contributed by atoms with Gasteiger partial charge in [0.1, 0.15) is 12.1 Å². The number of hydrogen-bond donors (Lipinski definition) is 4. The Labute approximate surface area is 99.5 Å². The summed E-state index contributed by atoms with van der Waals surface area (Å²) in [5.41, 5.74) is 10.4. The Hall–Kier alpha value is -1.63. The van der Waals surface area contributed by atoms with Gasteiger partial charge >= 0.3 is 5.97 Å². The van der Waals surface area contributed by atoms with Crippen LogP contribution in [0, 0.1) is 5.92 Å². The number of primary amides is 1. The van der Waals surface area contributed by atoms with Crippen LogP contribution in [0.15, 0.2) is 0 Å². The van der Waals surface area contributed by atoms with Gasteiger partial charge in [0.25, 0.3) is 0 Å². The molecule has 6 N–H and O–H groups in total. The van der Waals surface area contributed by atoms with Crippen LogP contribution >= 0.6 is 0 Å². The SMILES string of the molecule is CC(C)C(NC(=O)CCC(N)C(=O)O)C(N)=O. The second-order valence-corrected chi connectivity index (χ2v) is 4.17. The molecule has 0 spiro atoms. The highest BCUT2D eigenvalue weighted by molar-refractivity contribution is 5.87. The van der Waals surface area contributed by atoms with Gasteiger partial charge in [-0.25, -0.2) is 0 Å². The minimum absolute atomic E-state index is 0.0186. The van der Waals surface area contributed by atoms with Gasteiger partial charge in [0, 0.05) is 6.42 Å². The van der Waals surface area contributed by atoms with E-state index in [1.54, 1.807) is 13.8 Å². The second kappa shape index (κ2) is 6.85. The van der Waals surface area contributed by atoms with E-state index in [0.717, 1.165) is 0 Å². The Morgan fingerprint density at radius 1 is 1.29 bits per heavy atom. The average Bonchev–Trinajstić information content (AvgIpc) is 2.21. The van der Waals surface area contributed by atoms with E-state index in [0.29, 0.717) is 0 Å². The Morgan fingerprint density at radius 3 is 2.18 bits per heavy atom. The molecule has 0 fully saturated rings. The monoisotopic (exact) mass is 245 g/mol. The highest BCUT2D eigenvalue weighted by Gasteiger charge is 2.22. The lowest BCUT2D eigenvalue weighted by molar-refractivity contribution is -0.138. The Balaban J connectivity index is 4.16. The molecule has 0 bridgehead atoms. The second-order valence-electron chi connectivity index (χ2n) is 4.17. The summed E-state index contributed by atoms with van der Waals surface area (Å²) in [5.74, 6) is -2.33. The summed E-state index contributed by atoms with van der Waals surface area (Å²) in [5, 5.41) is 11.0. The zero-order chi connectivity index (χ0) is 13.6. The Bertz CT molecular complexity index is 304. The number of nitrogens with two attached hydrogens (primary N) is 2. The fourth-order valence-corrected chi connectivity index (χ4v) is 1.22. The number of carboxylic acid groups (broad SMARTS) is 1. The fraction of sp³-hybridized carbons (Fsp3) is 0.700. The van der Waals surface area contributed by atoms with Crippen LogP contribution < -0.4 is 16.8 Å². The van der Waals surface area contributed by atoms with Crippen LogP contribution in [0.5, 0.6) is 0 Å². The first-order valence-corrected chi connectivity index (χ1v) is 5.32. The van der Waals surface area contributed by atoms with E-state index in [1.165, 1.54) is 0 Å². The standard InChI is InChI=1S/C10H19N3O4/c1-5(2)8(9(12)15)13-7(14)4-3-6(11)10(16)17/h5-6,8H,3-4,11H2,1-2H3,(H2,12,15)(H,13,14)(H,16,17). The lowest BCUT2D eigenvalue weighted by Crippen LogP contribution is -2.48. The first-order chi connectivity index (χ1) is 7.75. The zero-order valence-corrected chi connectivity index (χ0v) is 9.97. The molecule has 0 saturated carbocycles. The van der Waals surface area contributed by atoms with Gasteiger partial charge in [-0.1, -0.05) is 13.8 Å². The third-order valence-electron chi connectivity index (χ3n) is 2.29. The molecule has 0 rings (SSSR count). The van der Waals surface area contributed by atoms with Crippen LogP contribution in [0.25, 0.3) is 0 Å². The minimum Gasteiger partial charge on any atom is -0.480 e. The molecule has 98 valence electrons. The molecule has 0 aromatic heterocycles. The molecule has 0 aliphatic rings. The van der Waals surface area contributed by atoms with Crippen molar-refractivity contribution >= 4 is 17.8 Å². The molecule has 0 radical (unpaired) electrons. The first kappa shape index (κ1) is 15.4. The van der Waals surface area contributed by atoms with Crippen LogP contribution in [-0.2, 0) is 14.4 Å². The molecule has 2 unspecified atom stereocenters. The molecule has 0 aliphatic heterocycles. The van der Waals surface area contributed by atoms with Crippen molar-refractivity contribution < 1.29 is 19.5 Å². The maximum absolute atomic E-state index is 11.4. The summed E-state index contributed by atoms with van der Waals surface area (Å²) >= 11 is 0. The van der Waals surface area contributed by atoms with Gasteiger partial charge in [-0.05, 0) is 12.3 Å². The molecule has 2 amide bonds. The molecule has 17 heavy (non-hydrogen) atoms. The van der Waals surface area contributed by atoms with E-state index in [-0.39, 0.29) is 18.8 Å². The Morgan fingerprint density at radius 2 is 1.82 bits per heavy atom. The largest absolute Gasteiger partial charge is 0.480 e. The fourth-order valence-electron chi connectivity index (χ4n) is 1.22. The molecular weight excluding hydrogens is 226 g/mol. The van der Waals surface area contributed by atoms with Gasteiger partial charge in [-0.3, -0.25) is 14.4 Å². The summed E-state index contributed by atoms with van der Waals surface area (Å²) in [6.45, 7) is 3.50. The maximum Gasteiger partial charge on any atom is 0.320 e. The molecule has 2 atom stereocenters. The number of aliphatic carboxylic acids is 1. The number of carbonyl (C=O) groups is 3. The van der Waals surface area contributed by atoms with E-state index < -0.39 is 29.9 Å². The number of carboxylic acids is 1. The number of rotatable bonds is 7. The zero-order valence-electron chi connectivity index (χ0n) is 9.97. The van der Waals surface area contributed by atoms with Gasteiger partial charge in [0.2, 0.25) is 11.8 Å². The summed E-state index contributed by atoms with van der Waals surface area (Å²) < 4.78 is 0. The number of carbonyl (C=O) groups excluding carboxylic acids is 2. The summed E-state index contributed by atoms with van der Waals surface area (Å²) in [6, 6.07) is -1.82. The van der Waals surface area contributed by atoms with Crippen LogP contribution in [0.2, 0.25) is 0 Å². The predicted molar refractivity (Wildman–Crippen MR) is 60.8 cm³/mol. The van der Waals surface area contributed by atoms with E-state index in [4.69, 9.17) is 16.6 Å². The molecular formula is C10H19N3O4. The van der Waals surface area contributed by atoms with E-state index in [2.05, 4.69) is 5.32 Å². The van der Waals surface area contributed by atoms with E-state index >= 15 is 0 Å². The third kappa shape index (κ3) is 5.86. The summed E-state index contributed by atoms with van der Waals surface area (Å²) in [4.78, 5) is 32.9. The van der Waals surface area contributed by atoms with Crippen molar-refractivity contribution in [3.05, 3.63) is 0 Å². The summed E-state index contributed by atoms with van der Waals surface area (Å²) in [7, 11) is 0. The average molecular weight is 245 g/mol. The van der Waals surface area contributed by atoms with E-state index in [9.17, 15) is 14.4 Å². The van der Waals surface area contributed by atoms with Gasteiger partial charge in [0.05, 0.1) is 0 Å². The van der Waals surface area contributed by atoms with Crippen LogP contribution in [0.4, 0.5) is 0 Å². The molecule has 0 saturated heterocycles. The van der Waals surface area contributed by atoms with Crippen molar-refractivity contribution in [1.29, 1.82) is 0 Å². The quantitative estimate of drug-likeness (QED) is 0.447. The minimum atomic E-state index is -1.16. The van der Waals surface area contributed by atoms with Crippen molar-refractivity contribution in [3.63, 3.8) is 0 Å². The maximum atomic E-state index is 11.4. The van der Waals surface area contributed by atoms with Gasteiger partial charge in [-0.15, -0.1) is 0 Å². The smallest absolute Gasteiger partial charge is 0.320 e. The molecule has 7 nitrogen and oxygen atoms in total.